The maximum absolute atomic E-state index is 12.8. The van der Waals surface area contributed by atoms with E-state index in [4.69, 9.17) is 0 Å². The second-order valence-electron chi connectivity index (χ2n) is 8.30. The summed E-state index contributed by atoms with van der Waals surface area (Å²) in [7, 11) is 0. The number of carbonyl (C=O) groups is 2. The summed E-state index contributed by atoms with van der Waals surface area (Å²) in [5, 5.41) is 16.2. The SMILES string of the molecule is CC1c2ccc(C(=O)NCc3cnc(-c4ccc(O)cc4)s3)cc2NC(=O)C2=CC=CCC21. The normalized spacial score (nSPS) is 19.1. The largest absolute Gasteiger partial charge is 0.508 e. The lowest BCUT2D eigenvalue weighted by atomic mass is 9.79. The average Bonchev–Trinajstić information content (AvgIpc) is 3.28. The number of hydrogen-bond donors (Lipinski definition) is 3. The van der Waals surface area contributed by atoms with Crippen LogP contribution in [0.2, 0.25) is 0 Å². The van der Waals surface area contributed by atoms with Crippen molar-refractivity contribution in [1.82, 2.24) is 10.3 Å². The number of nitrogens with zero attached hydrogens (tertiary/aromatic N) is 1. The molecule has 0 radical (unpaired) electrons. The first-order chi connectivity index (χ1) is 16.0. The van der Waals surface area contributed by atoms with Gasteiger partial charge in [0, 0.05) is 33.5 Å². The van der Waals surface area contributed by atoms with E-state index in [1.807, 2.05) is 36.4 Å². The number of amides is 2. The number of aromatic hydroxyl groups is 1. The molecule has 1 aromatic heterocycles. The third-order valence-corrected chi connectivity index (χ3v) is 7.26. The van der Waals surface area contributed by atoms with Crippen LogP contribution in [-0.2, 0) is 11.3 Å². The van der Waals surface area contributed by atoms with Crippen LogP contribution in [-0.4, -0.2) is 21.9 Å². The molecule has 2 atom stereocenters. The van der Waals surface area contributed by atoms with Crippen LogP contribution in [0.1, 0.15) is 40.1 Å². The number of thiazole rings is 1. The van der Waals surface area contributed by atoms with Crippen LogP contribution in [0.25, 0.3) is 10.6 Å². The lowest BCUT2D eigenvalue weighted by Gasteiger charge is -2.24. The fourth-order valence-corrected chi connectivity index (χ4v) is 5.23. The van der Waals surface area contributed by atoms with Crippen LogP contribution in [0.15, 0.2) is 72.5 Å². The van der Waals surface area contributed by atoms with Crippen LogP contribution in [0, 0.1) is 5.92 Å². The highest BCUT2D eigenvalue weighted by molar-refractivity contribution is 7.15. The Hall–Kier alpha value is -3.71. The predicted molar refractivity (Wildman–Crippen MR) is 129 cm³/mol. The van der Waals surface area contributed by atoms with E-state index >= 15 is 0 Å². The molecule has 2 aliphatic rings. The van der Waals surface area contributed by atoms with Crippen molar-refractivity contribution in [3.63, 3.8) is 0 Å². The number of hydrogen-bond acceptors (Lipinski definition) is 5. The van der Waals surface area contributed by atoms with Crippen molar-refractivity contribution in [1.29, 1.82) is 0 Å². The van der Waals surface area contributed by atoms with Crippen molar-refractivity contribution in [2.75, 3.05) is 5.32 Å². The standard InChI is InChI=1S/C26H23N3O3S/c1-15-20-4-2-3-5-22(20)25(32)29-23-12-17(8-11-21(15)23)24(31)27-13-19-14-28-26(33-19)16-6-9-18(30)10-7-16/h2-3,5-12,14-15,20,30H,4,13H2,1H3,(H,27,31)(H,29,32). The summed E-state index contributed by atoms with van der Waals surface area (Å²) >= 11 is 1.49. The minimum absolute atomic E-state index is 0.0982. The average molecular weight is 458 g/mol. The van der Waals surface area contributed by atoms with Gasteiger partial charge < -0.3 is 15.7 Å². The van der Waals surface area contributed by atoms with Crippen molar-refractivity contribution in [2.45, 2.75) is 25.8 Å². The van der Waals surface area contributed by atoms with Gasteiger partial charge in [-0.2, -0.15) is 0 Å². The van der Waals surface area contributed by atoms with Gasteiger partial charge in [-0.3, -0.25) is 9.59 Å². The first-order valence-electron chi connectivity index (χ1n) is 10.8. The zero-order chi connectivity index (χ0) is 22.9. The molecule has 0 saturated heterocycles. The highest BCUT2D eigenvalue weighted by atomic mass is 32.1. The fraction of sp³-hybridized carbons (Fsp3) is 0.192. The summed E-state index contributed by atoms with van der Waals surface area (Å²) in [6.45, 7) is 2.49. The van der Waals surface area contributed by atoms with E-state index in [-0.39, 0.29) is 29.4 Å². The molecule has 2 heterocycles. The van der Waals surface area contributed by atoms with E-state index in [2.05, 4.69) is 28.6 Å². The lowest BCUT2D eigenvalue weighted by Crippen LogP contribution is -2.22. The molecule has 2 amide bonds. The van der Waals surface area contributed by atoms with Crippen LogP contribution in [0.3, 0.4) is 0 Å². The number of allylic oxidation sites excluding steroid dienone is 3. The monoisotopic (exact) mass is 457 g/mol. The van der Waals surface area contributed by atoms with Gasteiger partial charge in [-0.15, -0.1) is 11.3 Å². The van der Waals surface area contributed by atoms with Gasteiger partial charge in [-0.1, -0.05) is 31.2 Å². The molecule has 2 aromatic carbocycles. The summed E-state index contributed by atoms with van der Waals surface area (Å²) in [5.74, 6) is 0.217. The molecule has 1 aliphatic heterocycles. The van der Waals surface area contributed by atoms with Gasteiger partial charge in [0.25, 0.3) is 11.8 Å². The molecule has 0 bridgehead atoms. The summed E-state index contributed by atoms with van der Waals surface area (Å²) in [6, 6.07) is 12.4. The molecule has 0 fully saturated rings. The molecule has 0 saturated carbocycles. The highest BCUT2D eigenvalue weighted by Gasteiger charge is 2.32. The summed E-state index contributed by atoms with van der Waals surface area (Å²) in [6.07, 6.45) is 8.50. The van der Waals surface area contributed by atoms with Gasteiger partial charge in [0.05, 0.1) is 6.54 Å². The zero-order valence-corrected chi connectivity index (χ0v) is 18.9. The maximum atomic E-state index is 12.8. The van der Waals surface area contributed by atoms with Gasteiger partial charge in [0.2, 0.25) is 0 Å². The van der Waals surface area contributed by atoms with E-state index in [1.165, 1.54) is 11.3 Å². The molecule has 0 spiro atoms. The van der Waals surface area contributed by atoms with Crippen molar-refractivity contribution in [3.8, 4) is 16.3 Å². The van der Waals surface area contributed by atoms with E-state index in [0.29, 0.717) is 17.8 Å². The first-order valence-corrected chi connectivity index (χ1v) is 11.7. The van der Waals surface area contributed by atoms with Gasteiger partial charge >= 0.3 is 0 Å². The van der Waals surface area contributed by atoms with E-state index in [0.717, 1.165) is 33.0 Å². The first kappa shape index (κ1) is 21.2. The maximum Gasteiger partial charge on any atom is 0.251 e. The molecular weight excluding hydrogens is 434 g/mol. The van der Waals surface area contributed by atoms with Gasteiger partial charge in [0.15, 0.2) is 0 Å². The Morgan fingerprint density at radius 1 is 1.24 bits per heavy atom. The van der Waals surface area contributed by atoms with Crippen molar-refractivity contribution >= 4 is 28.8 Å². The molecule has 2 unspecified atom stereocenters. The minimum Gasteiger partial charge on any atom is -0.508 e. The number of aromatic nitrogens is 1. The Balaban J connectivity index is 1.30. The second-order valence-corrected chi connectivity index (χ2v) is 9.41. The highest BCUT2D eigenvalue weighted by Crippen LogP contribution is 2.41. The number of phenols is 1. The second kappa shape index (κ2) is 8.67. The third-order valence-electron chi connectivity index (χ3n) is 6.21. The predicted octanol–water partition coefficient (Wildman–Crippen LogP) is 5.00. The Bertz CT molecular complexity index is 1290. The Kier molecular flexibility index (Phi) is 5.56. The van der Waals surface area contributed by atoms with Crippen molar-refractivity contribution in [3.05, 3.63) is 88.5 Å². The van der Waals surface area contributed by atoms with Crippen LogP contribution in [0.4, 0.5) is 5.69 Å². The van der Waals surface area contributed by atoms with E-state index in [9.17, 15) is 14.7 Å². The molecule has 3 aromatic rings. The van der Waals surface area contributed by atoms with E-state index in [1.54, 1.807) is 24.4 Å². The summed E-state index contributed by atoms with van der Waals surface area (Å²) < 4.78 is 0. The molecule has 7 heteroatoms. The molecule has 3 N–H and O–H groups in total. The number of phenolic OH excluding ortho intramolecular Hbond substituents is 1. The minimum atomic E-state index is -0.207. The zero-order valence-electron chi connectivity index (χ0n) is 18.0. The smallest absolute Gasteiger partial charge is 0.251 e. The number of rotatable bonds is 4. The van der Waals surface area contributed by atoms with Crippen molar-refractivity contribution in [2.24, 2.45) is 5.92 Å². The molecule has 33 heavy (non-hydrogen) atoms. The number of nitrogens with one attached hydrogen (secondary N) is 2. The van der Waals surface area contributed by atoms with Crippen LogP contribution < -0.4 is 10.6 Å². The lowest BCUT2D eigenvalue weighted by molar-refractivity contribution is -0.113. The molecular formula is C26H23N3O3S. The number of fused-ring (bicyclic) bond motifs is 2. The fourth-order valence-electron chi connectivity index (χ4n) is 4.38. The molecule has 166 valence electrons. The molecule has 5 rings (SSSR count). The van der Waals surface area contributed by atoms with Crippen molar-refractivity contribution < 1.29 is 14.7 Å². The van der Waals surface area contributed by atoms with Crippen LogP contribution >= 0.6 is 11.3 Å². The number of benzene rings is 2. The summed E-state index contributed by atoms with van der Waals surface area (Å²) in [5.41, 5.74) is 3.95. The summed E-state index contributed by atoms with van der Waals surface area (Å²) in [4.78, 5) is 30.9. The Morgan fingerprint density at radius 2 is 2.06 bits per heavy atom. The van der Waals surface area contributed by atoms with Gasteiger partial charge in [-0.05, 0) is 60.2 Å². The van der Waals surface area contributed by atoms with Gasteiger partial charge in [0.1, 0.15) is 10.8 Å². The Morgan fingerprint density at radius 3 is 2.88 bits per heavy atom. The van der Waals surface area contributed by atoms with Gasteiger partial charge in [-0.25, -0.2) is 4.98 Å². The third kappa shape index (κ3) is 4.19. The number of carbonyl (C=O) groups excluding carboxylic acids is 2. The Labute approximate surface area is 195 Å². The quantitative estimate of drug-likeness (QED) is 0.514. The number of anilines is 1. The molecule has 1 aliphatic carbocycles. The van der Waals surface area contributed by atoms with E-state index < -0.39 is 0 Å². The van der Waals surface area contributed by atoms with Crippen LogP contribution in [0.5, 0.6) is 5.75 Å². The topological polar surface area (TPSA) is 91.3 Å². The molecule has 6 nitrogen and oxygen atoms in total.